The summed E-state index contributed by atoms with van der Waals surface area (Å²) in [6.07, 6.45) is 0.0802. The van der Waals surface area contributed by atoms with Crippen molar-refractivity contribution in [3.8, 4) is 6.01 Å². The van der Waals surface area contributed by atoms with Gasteiger partial charge in [-0.25, -0.2) is 14.4 Å². The third-order valence-electron chi connectivity index (χ3n) is 3.49. The number of hydrogen-bond donors (Lipinski definition) is 1. The topological polar surface area (TPSA) is 90.4 Å². The molecular formula is C18H20FN3O4. The standard InChI is InChI=1S/C18H20FN3O4/c1-4-25-17(24)9-15-11(2)20-18(21-12(15)3)26-10-16(23)22-14-7-5-13(19)6-8-14/h5-8H,4,9-10H2,1-3H3,(H,22,23). The third-order valence-corrected chi connectivity index (χ3v) is 3.49. The van der Waals surface area contributed by atoms with E-state index in [1.54, 1.807) is 20.8 Å². The number of carbonyl (C=O) groups is 2. The number of anilines is 1. The van der Waals surface area contributed by atoms with Gasteiger partial charge in [0.25, 0.3) is 5.91 Å². The lowest BCUT2D eigenvalue weighted by molar-refractivity contribution is -0.142. The van der Waals surface area contributed by atoms with Crippen LogP contribution in [0.1, 0.15) is 23.9 Å². The fourth-order valence-corrected chi connectivity index (χ4v) is 2.25. The van der Waals surface area contributed by atoms with Crippen LogP contribution in [-0.2, 0) is 20.7 Å². The van der Waals surface area contributed by atoms with Gasteiger partial charge in [-0.2, -0.15) is 0 Å². The minimum absolute atomic E-state index is 0.0434. The van der Waals surface area contributed by atoms with Gasteiger partial charge in [0.1, 0.15) is 5.82 Å². The quantitative estimate of drug-likeness (QED) is 0.762. The molecule has 0 atom stereocenters. The van der Waals surface area contributed by atoms with E-state index in [2.05, 4.69) is 15.3 Å². The van der Waals surface area contributed by atoms with E-state index < -0.39 is 5.91 Å². The second-order valence-electron chi connectivity index (χ2n) is 5.48. The summed E-state index contributed by atoms with van der Waals surface area (Å²) in [7, 11) is 0. The Labute approximate surface area is 150 Å². The van der Waals surface area contributed by atoms with E-state index in [-0.39, 0.29) is 30.8 Å². The Bertz CT molecular complexity index is 771. The Morgan fingerprint density at radius 2 is 1.73 bits per heavy atom. The van der Waals surface area contributed by atoms with Gasteiger partial charge in [0.05, 0.1) is 13.0 Å². The predicted molar refractivity (Wildman–Crippen MR) is 92.4 cm³/mol. The highest BCUT2D eigenvalue weighted by Crippen LogP contribution is 2.15. The molecule has 0 saturated heterocycles. The first-order valence-electron chi connectivity index (χ1n) is 8.07. The van der Waals surface area contributed by atoms with Crippen molar-refractivity contribution in [1.82, 2.24) is 9.97 Å². The SMILES string of the molecule is CCOC(=O)Cc1c(C)nc(OCC(=O)Nc2ccc(F)cc2)nc1C. The smallest absolute Gasteiger partial charge is 0.317 e. The highest BCUT2D eigenvalue weighted by Gasteiger charge is 2.14. The van der Waals surface area contributed by atoms with E-state index in [1.807, 2.05) is 0 Å². The number of nitrogens with one attached hydrogen (secondary N) is 1. The number of carbonyl (C=O) groups excluding carboxylic acids is 2. The van der Waals surface area contributed by atoms with Gasteiger partial charge in [-0.05, 0) is 45.0 Å². The van der Waals surface area contributed by atoms with Crippen LogP contribution in [0.25, 0.3) is 0 Å². The number of ether oxygens (including phenoxy) is 2. The lowest BCUT2D eigenvalue weighted by atomic mass is 10.1. The maximum absolute atomic E-state index is 12.8. The summed E-state index contributed by atoms with van der Waals surface area (Å²) in [5, 5.41) is 2.57. The van der Waals surface area contributed by atoms with E-state index in [9.17, 15) is 14.0 Å². The van der Waals surface area contributed by atoms with Crippen molar-refractivity contribution in [3.05, 3.63) is 47.0 Å². The Balaban J connectivity index is 1.96. The molecule has 0 bridgehead atoms. The fraction of sp³-hybridized carbons (Fsp3) is 0.333. The average Bonchev–Trinajstić information content (AvgIpc) is 2.59. The van der Waals surface area contributed by atoms with Crippen molar-refractivity contribution < 1.29 is 23.5 Å². The molecule has 0 unspecified atom stereocenters. The van der Waals surface area contributed by atoms with E-state index in [1.165, 1.54) is 24.3 Å². The Kier molecular flexibility index (Phi) is 6.60. The maximum atomic E-state index is 12.8. The number of amides is 1. The van der Waals surface area contributed by atoms with E-state index in [0.717, 1.165) is 0 Å². The summed E-state index contributed by atoms with van der Waals surface area (Å²) in [4.78, 5) is 31.8. The van der Waals surface area contributed by atoms with Gasteiger partial charge >= 0.3 is 12.0 Å². The first-order valence-corrected chi connectivity index (χ1v) is 8.07. The fourth-order valence-electron chi connectivity index (χ4n) is 2.25. The Hall–Kier alpha value is -3.03. The zero-order chi connectivity index (χ0) is 19.1. The molecule has 8 heteroatoms. The normalized spacial score (nSPS) is 10.3. The van der Waals surface area contributed by atoms with Gasteiger partial charge in [-0.3, -0.25) is 9.59 Å². The van der Waals surface area contributed by atoms with Crippen LogP contribution in [0.15, 0.2) is 24.3 Å². The van der Waals surface area contributed by atoms with Crippen molar-refractivity contribution >= 4 is 17.6 Å². The Morgan fingerprint density at radius 3 is 2.31 bits per heavy atom. The molecule has 1 amide bonds. The van der Waals surface area contributed by atoms with Crippen LogP contribution in [0.2, 0.25) is 0 Å². The second-order valence-corrected chi connectivity index (χ2v) is 5.48. The molecule has 1 aromatic carbocycles. The lowest BCUT2D eigenvalue weighted by Crippen LogP contribution is -2.21. The van der Waals surface area contributed by atoms with Crippen molar-refractivity contribution in [2.24, 2.45) is 0 Å². The van der Waals surface area contributed by atoms with Crippen LogP contribution in [0.4, 0.5) is 10.1 Å². The van der Waals surface area contributed by atoms with Crippen LogP contribution in [0, 0.1) is 19.7 Å². The van der Waals surface area contributed by atoms with Gasteiger partial charge in [-0.15, -0.1) is 0 Å². The number of nitrogens with zero attached hydrogens (tertiary/aromatic N) is 2. The van der Waals surface area contributed by atoms with Gasteiger partial charge in [0.2, 0.25) is 0 Å². The summed E-state index contributed by atoms with van der Waals surface area (Å²) in [5.74, 6) is -1.16. The first-order chi connectivity index (χ1) is 12.4. The average molecular weight is 361 g/mol. The van der Waals surface area contributed by atoms with Crippen molar-refractivity contribution in [2.45, 2.75) is 27.2 Å². The molecule has 7 nitrogen and oxygen atoms in total. The van der Waals surface area contributed by atoms with Crippen molar-refractivity contribution in [2.75, 3.05) is 18.5 Å². The van der Waals surface area contributed by atoms with Gasteiger partial charge in [-0.1, -0.05) is 0 Å². The number of rotatable bonds is 7. The molecule has 1 aromatic heterocycles. The lowest BCUT2D eigenvalue weighted by Gasteiger charge is -2.11. The van der Waals surface area contributed by atoms with E-state index in [4.69, 9.17) is 9.47 Å². The first kappa shape index (κ1) is 19.3. The number of halogens is 1. The minimum Gasteiger partial charge on any atom is -0.466 e. The number of aryl methyl sites for hydroxylation is 2. The summed E-state index contributed by atoms with van der Waals surface area (Å²) < 4.78 is 23.1. The number of hydrogen-bond acceptors (Lipinski definition) is 6. The van der Waals surface area contributed by atoms with Gasteiger partial charge in [0.15, 0.2) is 6.61 Å². The molecule has 0 saturated carbocycles. The number of esters is 1. The molecule has 26 heavy (non-hydrogen) atoms. The molecular weight excluding hydrogens is 341 g/mol. The van der Waals surface area contributed by atoms with Crippen LogP contribution in [0.3, 0.4) is 0 Å². The molecule has 0 spiro atoms. The molecule has 2 rings (SSSR count). The van der Waals surface area contributed by atoms with Gasteiger partial charge in [0, 0.05) is 22.6 Å². The zero-order valence-electron chi connectivity index (χ0n) is 14.8. The number of aromatic nitrogens is 2. The van der Waals surface area contributed by atoms with Crippen molar-refractivity contribution in [1.29, 1.82) is 0 Å². The highest BCUT2D eigenvalue weighted by atomic mass is 19.1. The van der Waals surface area contributed by atoms with E-state index in [0.29, 0.717) is 29.2 Å². The molecule has 0 radical (unpaired) electrons. The molecule has 2 aromatic rings. The zero-order valence-corrected chi connectivity index (χ0v) is 14.8. The monoisotopic (exact) mass is 361 g/mol. The third kappa shape index (κ3) is 5.51. The molecule has 0 aliphatic carbocycles. The molecule has 0 aliphatic heterocycles. The molecule has 1 heterocycles. The van der Waals surface area contributed by atoms with Crippen LogP contribution >= 0.6 is 0 Å². The molecule has 0 aliphatic rings. The maximum Gasteiger partial charge on any atom is 0.317 e. The highest BCUT2D eigenvalue weighted by molar-refractivity contribution is 5.91. The summed E-state index contributed by atoms with van der Waals surface area (Å²) in [6.45, 7) is 5.21. The predicted octanol–water partition coefficient (Wildman–Crippen LogP) is 2.36. The molecule has 138 valence electrons. The molecule has 1 N–H and O–H groups in total. The van der Waals surface area contributed by atoms with E-state index >= 15 is 0 Å². The van der Waals surface area contributed by atoms with Gasteiger partial charge < -0.3 is 14.8 Å². The molecule has 0 fully saturated rings. The minimum atomic E-state index is -0.425. The van der Waals surface area contributed by atoms with Crippen LogP contribution in [-0.4, -0.2) is 35.1 Å². The van der Waals surface area contributed by atoms with Crippen molar-refractivity contribution in [3.63, 3.8) is 0 Å². The Morgan fingerprint density at radius 1 is 1.12 bits per heavy atom. The summed E-state index contributed by atoms with van der Waals surface area (Å²) in [5.41, 5.74) is 2.30. The summed E-state index contributed by atoms with van der Waals surface area (Å²) in [6, 6.07) is 5.43. The second kappa shape index (κ2) is 8.89. The van der Waals surface area contributed by atoms with Crippen LogP contribution < -0.4 is 10.1 Å². The summed E-state index contributed by atoms with van der Waals surface area (Å²) >= 11 is 0. The van der Waals surface area contributed by atoms with Crippen LogP contribution in [0.5, 0.6) is 6.01 Å². The number of benzene rings is 1. The largest absolute Gasteiger partial charge is 0.466 e.